The van der Waals surface area contributed by atoms with Crippen LogP contribution in [0.2, 0.25) is 0 Å². The van der Waals surface area contributed by atoms with Crippen molar-refractivity contribution in [2.75, 3.05) is 13.4 Å². The van der Waals surface area contributed by atoms with E-state index in [1.165, 1.54) is 0 Å². The Morgan fingerprint density at radius 2 is 1.76 bits per heavy atom. The topological polar surface area (TPSA) is 65.7 Å². The summed E-state index contributed by atoms with van der Waals surface area (Å²) < 4.78 is 17.3. The standard InChI is InChI=1S/C27H22O5S/c1-15-24(18-6-4-5-7-21(18)30-2)26(29)19-12-13-22-25(27(19)31-15)20(14-23(28)32-22)16-8-10-17(33-3)11-9-16/h4-13,20H,14H2,1-3H3/t20-/m1/s1. The van der Waals surface area contributed by atoms with Gasteiger partial charge in [0.15, 0.2) is 0 Å². The van der Waals surface area contributed by atoms with E-state index < -0.39 is 0 Å². The van der Waals surface area contributed by atoms with E-state index in [1.54, 1.807) is 37.9 Å². The minimum atomic E-state index is -0.300. The molecule has 4 aromatic rings. The number of methoxy groups -OCH3 is 1. The molecule has 1 aliphatic heterocycles. The number of esters is 1. The predicted molar refractivity (Wildman–Crippen MR) is 130 cm³/mol. The summed E-state index contributed by atoms with van der Waals surface area (Å²) in [5, 5.41) is 0.448. The molecule has 0 N–H and O–H groups in total. The molecule has 0 spiro atoms. The summed E-state index contributed by atoms with van der Waals surface area (Å²) in [6, 6.07) is 18.9. The summed E-state index contributed by atoms with van der Waals surface area (Å²) in [4.78, 5) is 27.2. The maximum atomic E-state index is 13.7. The third-order valence-corrected chi connectivity index (χ3v) is 6.82. The molecule has 0 amide bonds. The second-order valence-corrected chi connectivity index (χ2v) is 8.80. The van der Waals surface area contributed by atoms with Crippen LogP contribution in [0.4, 0.5) is 0 Å². The molecule has 0 unspecified atom stereocenters. The predicted octanol–water partition coefficient (Wildman–Crippen LogP) is 5.94. The summed E-state index contributed by atoms with van der Waals surface area (Å²) in [5.74, 6) is 0.959. The van der Waals surface area contributed by atoms with Gasteiger partial charge in [-0.05, 0) is 49.1 Å². The Hall–Kier alpha value is -3.51. The summed E-state index contributed by atoms with van der Waals surface area (Å²) in [6.45, 7) is 1.78. The number of para-hydroxylation sites is 1. The fourth-order valence-electron chi connectivity index (χ4n) is 4.50. The SMILES string of the molecule is COc1ccccc1-c1c(C)oc2c3c(ccc2c1=O)OC(=O)C[C@@H]3c1ccc(SC)cc1. The van der Waals surface area contributed by atoms with E-state index in [0.29, 0.717) is 39.4 Å². The highest BCUT2D eigenvalue weighted by atomic mass is 32.2. The van der Waals surface area contributed by atoms with Crippen LogP contribution in [0.3, 0.4) is 0 Å². The molecule has 0 aliphatic carbocycles. The van der Waals surface area contributed by atoms with Crippen LogP contribution in [0.25, 0.3) is 22.1 Å². The van der Waals surface area contributed by atoms with Gasteiger partial charge >= 0.3 is 5.97 Å². The summed E-state index contributed by atoms with van der Waals surface area (Å²) >= 11 is 1.66. The maximum Gasteiger partial charge on any atom is 0.312 e. The lowest BCUT2D eigenvalue weighted by molar-refractivity contribution is -0.135. The van der Waals surface area contributed by atoms with Crippen LogP contribution in [0, 0.1) is 6.92 Å². The van der Waals surface area contributed by atoms with Crippen LogP contribution in [0.1, 0.15) is 29.2 Å². The summed E-state index contributed by atoms with van der Waals surface area (Å²) in [6.07, 6.45) is 2.20. The van der Waals surface area contributed by atoms with Crippen molar-refractivity contribution >= 4 is 28.7 Å². The monoisotopic (exact) mass is 458 g/mol. The highest BCUT2D eigenvalue weighted by Gasteiger charge is 2.32. The molecule has 1 aliphatic rings. The van der Waals surface area contributed by atoms with Crippen molar-refractivity contribution in [2.45, 2.75) is 24.2 Å². The van der Waals surface area contributed by atoms with Crippen molar-refractivity contribution < 1.29 is 18.7 Å². The number of aryl methyl sites for hydroxylation is 1. The van der Waals surface area contributed by atoms with E-state index in [1.807, 2.05) is 54.8 Å². The highest BCUT2D eigenvalue weighted by Crippen LogP contribution is 2.44. The number of ether oxygens (including phenoxy) is 2. The molecule has 0 fully saturated rings. The molecule has 3 aromatic carbocycles. The van der Waals surface area contributed by atoms with Crippen molar-refractivity contribution in [3.05, 3.63) is 87.8 Å². The van der Waals surface area contributed by atoms with Crippen LogP contribution >= 0.6 is 11.8 Å². The van der Waals surface area contributed by atoms with Crippen molar-refractivity contribution in [3.63, 3.8) is 0 Å². The molecular formula is C27H22O5S. The normalized spacial score (nSPS) is 15.2. The summed E-state index contributed by atoms with van der Waals surface area (Å²) in [7, 11) is 1.58. The molecule has 5 nitrogen and oxygen atoms in total. The molecule has 6 heteroatoms. The van der Waals surface area contributed by atoms with Gasteiger partial charge in [0.05, 0.1) is 24.5 Å². The third-order valence-electron chi connectivity index (χ3n) is 6.07. The van der Waals surface area contributed by atoms with Gasteiger partial charge < -0.3 is 13.9 Å². The van der Waals surface area contributed by atoms with Crippen molar-refractivity contribution in [1.29, 1.82) is 0 Å². The Kier molecular flexibility index (Phi) is 5.46. The lowest BCUT2D eigenvalue weighted by Gasteiger charge is -2.26. The van der Waals surface area contributed by atoms with E-state index in [9.17, 15) is 9.59 Å². The first-order valence-electron chi connectivity index (χ1n) is 10.6. The van der Waals surface area contributed by atoms with Crippen LogP contribution in [-0.4, -0.2) is 19.3 Å². The van der Waals surface area contributed by atoms with Crippen LogP contribution < -0.4 is 14.9 Å². The van der Waals surface area contributed by atoms with Gasteiger partial charge in [-0.1, -0.05) is 30.3 Å². The second kappa shape index (κ2) is 8.45. The number of carbonyl (C=O) groups excluding carboxylic acids is 1. The maximum absolute atomic E-state index is 13.7. The average Bonchev–Trinajstić information content (AvgIpc) is 2.83. The highest BCUT2D eigenvalue weighted by molar-refractivity contribution is 7.98. The van der Waals surface area contributed by atoms with Gasteiger partial charge in [0.2, 0.25) is 5.43 Å². The molecule has 5 rings (SSSR count). The molecule has 0 bridgehead atoms. The van der Waals surface area contributed by atoms with Gasteiger partial charge in [0, 0.05) is 21.9 Å². The zero-order valence-electron chi connectivity index (χ0n) is 18.5. The quantitative estimate of drug-likeness (QED) is 0.214. The lowest BCUT2D eigenvalue weighted by atomic mass is 9.85. The molecule has 0 saturated carbocycles. The molecule has 0 saturated heterocycles. The molecule has 2 heterocycles. The van der Waals surface area contributed by atoms with Gasteiger partial charge in [-0.3, -0.25) is 9.59 Å². The van der Waals surface area contributed by atoms with Crippen LogP contribution in [-0.2, 0) is 4.79 Å². The lowest BCUT2D eigenvalue weighted by Crippen LogP contribution is -2.22. The van der Waals surface area contributed by atoms with Crippen molar-refractivity contribution in [1.82, 2.24) is 0 Å². The molecule has 33 heavy (non-hydrogen) atoms. The average molecular weight is 459 g/mol. The zero-order valence-corrected chi connectivity index (χ0v) is 19.3. The first-order chi connectivity index (χ1) is 16.0. The molecule has 1 atom stereocenters. The number of rotatable bonds is 4. The van der Waals surface area contributed by atoms with Gasteiger partial charge in [0.25, 0.3) is 0 Å². The molecule has 166 valence electrons. The van der Waals surface area contributed by atoms with Crippen LogP contribution in [0.15, 0.2) is 74.8 Å². The van der Waals surface area contributed by atoms with Crippen LogP contribution in [0.5, 0.6) is 11.5 Å². The molecule has 1 aromatic heterocycles. The fourth-order valence-corrected chi connectivity index (χ4v) is 4.91. The van der Waals surface area contributed by atoms with Gasteiger partial charge in [-0.15, -0.1) is 11.8 Å². The fraction of sp³-hybridized carbons (Fsp3) is 0.185. The number of hydrogen-bond acceptors (Lipinski definition) is 6. The number of benzene rings is 3. The smallest absolute Gasteiger partial charge is 0.312 e. The Bertz CT molecular complexity index is 1440. The first kappa shape index (κ1) is 21.3. The summed E-state index contributed by atoms with van der Waals surface area (Å²) in [5.41, 5.74) is 3.17. The van der Waals surface area contributed by atoms with Gasteiger partial charge in [-0.25, -0.2) is 0 Å². The number of fused-ring (bicyclic) bond motifs is 3. The van der Waals surface area contributed by atoms with E-state index in [2.05, 4.69) is 0 Å². The Labute approximate surface area is 195 Å². The number of hydrogen-bond donors (Lipinski definition) is 0. The number of thioether (sulfide) groups is 1. The van der Waals surface area contributed by atoms with Gasteiger partial charge in [0.1, 0.15) is 22.8 Å². The Morgan fingerprint density at radius 1 is 1.00 bits per heavy atom. The first-order valence-corrected chi connectivity index (χ1v) is 11.8. The zero-order chi connectivity index (χ0) is 23.1. The third kappa shape index (κ3) is 3.60. The van der Waals surface area contributed by atoms with E-state index >= 15 is 0 Å². The largest absolute Gasteiger partial charge is 0.496 e. The van der Waals surface area contributed by atoms with Crippen molar-refractivity contribution in [2.24, 2.45) is 0 Å². The van der Waals surface area contributed by atoms with E-state index in [0.717, 1.165) is 16.0 Å². The Balaban J connectivity index is 1.76. The minimum absolute atomic E-state index is 0.144. The second-order valence-electron chi connectivity index (χ2n) is 7.92. The molecular weight excluding hydrogens is 436 g/mol. The van der Waals surface area contributed by atoms with E-state index in [-0.39, 0.29) is 23.7 Å². The number of carbonyl (C=O) groups is 1. The minimum Gasteiger partial charge on any atom is -0.496 e. The Morgan fingerprint density at radius 3 is 2.48 bits per heavy atom. The van der Waals surface area contributed by atoms with Gasteiger partial charge in [-0.2, -0.15) is 0 Å². The van der Waals surface area contributed by atoms with Crippen molar-refractivity contribution in [3.8, 4) is 22.6 Å². The molecule has 0 radical (unpaired) electrons. The van der Waals surface area contributed by atoms with E-state index in [4.69, 9.17) is 13.9 Å².